The molecule has 0 bridgehead atoms. The zero-order valence-electron chi connectivity index (χ0n) is 11.0. The van der Waals surface area contributed by atoms with Crippen molar-refractivity contribution in [2.75, 3.05) is 6.61 Å². The van der Waals surface area contributed by atoms with Crippen LogP contribution in [0.2, 0.25) is 0 Å². The van der Waals surface area contributed by atoms with Gasteiger partial charge in [0, 0.05) is 12.8 Å². The second kappa shape index (κ2) is 6.15. The molecule has 1 aliphatic carbocycles. The molecule has 1 fully saturated rings. The molecule has 1 saturated carbocycles. The summed E-state index contributed by atoms with van der Waals surface area (Å²) in [5, 5.41) is 0. The first-order valence-electron chi connectivity index (χ1n) is 6.22. The molecule has 0 radical (unpaired) electrons. The summed E-state index contributed by atoms with van der Waals surface area (Å²) in [6, 6.07) is 0. The Kier molecular flexibility index (Phi) is 5.12. The lowest BCUT2D eigenvalue weighted by molar-refractivity contribution is -0.156. The fraction of sp³-hybridized carbons (Fsp3) is 0.846. The second-order valence-corrected chi connectivity index (χ2v) is 5.45. The Hall–Kier alpha value is -0.900. The number of ketones is 1. The number of rotatable bonds is 4. The average molecular weight is 242 g/mol. The van der Waals surface area contributed by atoms with Crippen LogP contribution in [0.25, 0.3) is 0 Å². The molecule has 0 aliphatic heterocycles. The lowest BCUT2D eigenvalue weighted by atomic mass is 9.96. The summed E-state index contributed by atoms with van der Waals surface area (Å²) in [6.45, 7) is 5.92. The van der Waals surface area contributed by atoms with E-state index in [0.717, 1.165) is 12.8 Å². The van der Waals surface area contributed by atoms with Gasteiger partial charge in [0.2, 0.25) is 0 Å². The second-order valence-electron chi connectivity index (χ2n) is 5.45. The van der Waals surface area contributed by atoms with Crippen molar-refractivity contribution in [2.24, 2.45) is 0 Å². The van der Waals surface area contributed by atoms with Crippen LogP contribution in [0.5, 0.6) is 0 Å². The van der Waals surface area contributed by atoms with E-state index in [-0.39, 0.29) is 18.5 Å². The predicted molar refractivity (Wildman–Crippen MR) is 63.7 cm³/mol. The van der Waals surface area contributed by atoms with E-state index in [1.54, 1.807) is 0 Å². The highest BCUT2D eigenvalue weighted by Gasteiger charge is 2.20. The van der Waals surface area contributed by atoms with Gasteiger partial charge in [-0.25, -0.2) is 0 Å². The van der Waals surface area contributed by atoms with Crippen molar-refractivity contribution >= 4 is 11.8 Å². The van der Waals surface area contributed by atoms with Crippen molar-refractivity contribution in [3.05, 3.63) is 0 Å². The molecule has 0 aromatic carbocycles. The minimum atomic E-state index is -0.436. The van der Waals surface area contributed by atoms with Crippen molar-refractivity contribution < 1.29 is 19.1 Å². The van der Waals surface area contributed by atoms with Gasteiger partial charge in [-0.05, 0) is 33.6 Å². The number of Topliss-reactive ketones (excluding diaryl/α,β-unsaturated/α-hetero) is 1. The summed E-state index contributed by atoms with van der Waals surface area (Å²) in [5.74, 6) is 0.0846. The molecule has 0 saturated heterocycles. The van der Waals surface area contributed by atoms with Gasteiger partial charge < -0.3 is 9.47 Å². The SMILES string of the molecule is CC(C)(C)OC(=O)CCOC1CCC(=O)CC1. The number of ether oxygens (including phenoxy) is 2. The molecule has 98 valence electrons. The Morgan fingerprint density at radius 3 is 2.41 bits per heavy atom. The van der Waals surface area contributed by atoms with Gasteiger partial charge in [-0.3, -0.25) is 9.59 Å². The highest BCUT2D eigenvalue weighted by atomic mass is 16.6. The first-order valence-corrected chi connectivity index (χ1v) is 6.22. The van der Waals surface area contributed by atoms with Gasteiger partial charge in [0.1, 0.15) is 11.4 Å². The quantitative estimate of drug-likeness (QED) is 0.709. The number of hydrogen-bond donors (Lipinski definition) is 0. The zero-order chi connectivity index (χ0) is 12.9. The van der Waals surface area contributed by atoms with Crippen LogP contribution in [-0.4, -0.2) is 30.1 Å². The summed E-state index contributed by atoms with van der Waals surface area (Å²) in [6.07, 6.45) is 3.20. The molecule has 0 unspecified atom stereocenters. The van der Waals surface area contributed by atoms with E-state index >= 15 is 0 Å². The lowest BCUT2D eigenvalue weighted by Gasteiger charge is -2.22. The molecular formula is C13H22O4. The molecule has 0 spiro atoms. The molecule has 17 heavy (non-hydrogen) atoms. The van der Waals surface area contributed by atoms with E-state index < -0.39 is 5.60 Å². The van der Waals surface area contributed by atoms with Gasteiger partial charge in [-0.15, -0.1) is 0 Å². The average Bonchev–Trinajstić information content (AvgIpc) is 2.18. The Bertz CT molecular complexity index is 268. The Morgan fingerprint density at radius 1 is 1.29 bits per heavy atom. The largest absolute Gasteiger partial charge is 0.460 e. The van der Waals surface area contributed by atoms with Crippen LogP contribution in [0.3, 0.4) is 0 Å². The summed E-state index contributed by atoms with van der Waals surface area (Å²) < 4.78 is 10.7. The Morgan fingerprint density at radius 2 is 1.88 bits per heavy atom. The van der Waals surface area contributed by atoms with Gasteiger partial charge in [0.05, 0.1) is 19.1 Å². The van der Waals surface area contributed by atoms with E-state index in [0.29, 0.717) is 25.2 Å². The molecule has 4 heteroatoms. The lowest BCUT2D eigenvalue weighted by Crippen LogP contribution is -2.26. The summed E-state index contributed by atoms with van der Waals surface area (Å²) in [7, 11) is 0. The highest BCUT2D eigenvalue weighted by molar-refractivity contribution is 5.79. The maximum atomic E-state index is 11.4. The van der Waals surface area contributed by atoms with E-state index in [1.165, 1.54) is 0 Å². The van der Waals surface area contributed by atoms with Gasteiger partial charge >= 0.3 is 5.97 Å². The number of esters is 1. The van der Waals surface area contributed by atoms with E-state index in [4.69, 9.17) is 9.47 Å². The first-order chi connectivity index (χ1) is 7.87. The third-order valence-electron chi connectivity index (χ3n) is 2.57. The van der Waals surface area contributed by atoms with Crippen molar-refractivity contribution in [1.29, 1.82) is 0 Å². The number of carbonyl (C=O) groups is 2. The Balaban J connectivity index is 2.11. The van der Waals surface area contributed by atoms with Crippen LogP contribution in [0.15, 0.2) is 0 Å². The van der Waals surface area contributed by atoms with Crippen molar-refractivity contribution in [3.8, 4) is 0 Å². The van der Waals surface area contributed by atoms with Crippen LogP contribution in [0.4, 0.5) is 0 Å². The first kappa shape index (κ1) is 14.2. The fourth-order valence-corrected chi connectivity index (χ4v) is 1.78. The summed E-state index contributed by atoms with van der Waals surface area (Å²) >= 11 is 0. The molecule has 0 aromatic heterocycles. The highest BCUT2D eigenvalue weighted by Crippen LogP contribution is 2.18. The molecule has 1 aliphatic rings. The maximum absolute atomic E-state index is 11.4. The normalized spacial score (nSPS) is 18.2. The molecule has 0 heterocycles. The van der Waals surface area contributed by atoms with E-state index in [2.05, 4.69) is 0 Å². The van der Waals surface area contributed by atoms with Crippen molar-refractivity contribution in [1.82, 2.24) is 0 Å². The van der Waals surface area contributed by atoms with Gasteiger partial charge in [0.15, 0.2) is 0 Å². The number of hydrogen-bond acceptors (Lipinski definition) is 4. The van der Waals surface area contributed by atoms with Crippen LogP contribution >= 0.6 is 0 Å². The number of carbonyl (C=O) groups excluding carboxylic acids is 2. The predicted octanol–water partition coefficient (Wildman–Crippen LogP) is 2.25. The monoisotopic (exact) mass is 242 g/mol. The summed E-state index contributed by atoms with van der Waals surface area (Å²) in [4.78, 5) is 22.4. The van der Waals surface area contributed by atoms with Gasteiger partial charge in [-0.2, -0.15) is 0 Å². The minimum absolute atomic E-state index is 0.134. The van der Waals surface area contributed by atoms with Crippen molar-refractivity contribution in [3.63, 3.8) is 0 Å². The molecule has 0 amide bonds. The third-order valence-corrected chi connectivity index (χ3v) is 2.57. The standard InChI is InChI=1S/C13H22O4/c1-13(2,3)17-12(15)8-9-16-11-6-4-10(14)5-7-11/h11H,4-9H2,1-3H3. The molecule has 0 aromatic rings. The maximum Gasteiger partial charge on any atom is 0.308 e. The van der Waals surface area contributed by atoms with Crippen molar-refractivity contribution in [2.45, 2.75) is 64.6 Å². The molecule has 4 nitrogen and oxygen atoms in total. The summed E-state index contributed by atoms with van der Waals surface area (Å²) in [5.41, 5.74) is -0.436. The van der Waals surface area contributed by atoms with E-state index in [9.17, 15) is 9.59 Å². The Labute approximate surface area is 103 Å². The molecule has 0 atom stereocenters. The van der Waals surface area contributed by atoms with Crippen LogP contribution in [0, 0.1) is 0 Å². The van der Waals surface area contributed by atoms with Crippen LogP contribution in [0.1, 0.15) is 52.9 Å². The minimum Gasteiger partial charge on any atom is -0.460 e. The molecule has 1 rings (SSSR count). The van der Waals surface area contributed by atoms with Gasteiger partial charge in [0.25, 0.3) is 0 Å². The van der Waals surface area contributed by atoms with Gasteiger partial charge in [-0.1, -0.05) is 0 Å². The zero-order valence-corrected chi connectivity index (χ0v) is 11.0. The van der Waals surface area contributed by atoms with Crippen LogP contribution < -0.4 is 0 Å². The van der Waals surface area contributed by atoms with E-state index in [1.807, 2.05) is 20.8 Å². The smallest absolute Gasteiger partial charge is 0.308 e. The molecular weight excluding hydrogens is 220 g/mol. The van der Waals surface area contributed by atoms with Crippen LogP contribution in [-0.2, 0) is 19.1 Å². The molecule has 0 N–H and O–H groups in total. The topological polar surface area (TPSA) is 52.6 Å². The third kappa shape index (κ3) is 6.41. The fourth-order valence-electron chi connectivity index (χ4n) is 1.78.